The van der Waals surface area contributed by atoms with Crippen LogP contribution >= 0.6 is 0 Å². The number of aromatic nitrogens is 4. The molecule has 1 aliphatic rings. The van der Waals surface area contributed by atoms with Crippen LogP contribution in [-0.2, 0) is 0 Å². The van der Waals surface area contributed by atoms with Gasteiger partial charge in [0, 0.05) is 5.92 Å². The van der Waals surface area contributed by atoms with Gasteiger partial charge in [0.25, 0.3) is 0 Å². The third-order valence-corrected chi connectivity index (χ3v) is 2.24. The Morgan fingerprint density at radius 2 is 2.09 bits per heavy atom. The van der Waals surface area contributed by atoms with Crippen molar-refractivity contribution in [1.82, 2.24) is 20.3 Å². The van der Waals surface area contributed by atoms with Gasteiger partial charge in [-0.05, 0) is 23.3 Å². The first-order chi connectivity index (χ1) is 5.38. The highest BCUT2D eigenvalue weighted by atomic mass is 15.6. The summed E-state index contributed by atoms with van der Waals surface area (Å²) in [7, 11) is 0. The monoisotopic (exact) mass is 153 g/mol. The van der Waals surface area contributed by atoms with Crippen LogP contribution in [0.4, 0.5) is 0 Å². The maximum absolute atomic E-state index is 5.50. The molecule has 0 radical (unpaired) electrons. The number of hydrogen-bond donors (Lipinski definition) is 1. The van der Waals surface area contributed by atoms with Crippen molar-refractivity contribution in [3.05, 3.63) is 5.82 Å². The molecule has 1 saturated carbocycles. The van der Waals surface area contributed by atoms with E-state index in [-0.39, 0.29) is 0 Å². The first-order valence-electron chi connectivity index (χ1n) is 3.91. The van der Waals surface area contributed by atoms with E-state index in [4.69, 9.17) is 5.84 Å². The third kappa shape index (κ3) is 1.06. The van der Waals surface area contributed by atoms with Gasteiger partial charge in [0.2, 0.25) is 0 Å². The Balaban J connectivity index is 2.21. The summed E-state index contributed by atoms with van der Waals surface area (Å²) in [5.41, 5.74) is 0. The zero-order valence-corrected chi connectivity index (χ0v) is 6.27. The SMILES string of the molecule is Nn1nnnc1C1CCCC1. The van der Waals surface area contributed by atoms with Crippen molar-refractivity contribution in [3.8, 4) is 0 Å². The van der Waals surface area contributed by atoms with E-state index >= 15 is 0 Å². The van der Waals surface area contributed by atoms with Crippen LogP contribution < -0.4 is 5.84 Å². The minimum absolute atomic E-state index is 0.495. The zero-order chi connectivity index (χ0) is 7.68. The molecule has 11 heavy (non-hydrogen) atoms. The minimum Gasteiger partial charge on any atom is -0.320 e. The predicted octanol–water partition coefficient (Wildman–Crippen LogP) is 0.0445. The summed E-state index contributed by atoms with van der Waals surface area (Å²) in [5, 5.41) is 11.0. The van der Waals surface area contributed by atoms with Gasteiger partial charge in [-0.1, -0.05) is 12.8 Å². The van der Waals surface area contributed by atoms with Crippen molar-refractivity contribution in [2.24, 2.45) is 0 Å². The molecule has 0 aromatic carbocycles. The molecular formula is C6H11N5. The Morgan fingerprint density at radius 1 is 1.36 bits per heavy atom. The first kappa shape index (κ1) is 6.57. The van der Waals surface area contributed by atoms with Gasteiger partial charge in [-0.25, -0.2) is 0 Å². The van der Waals surface area contributed by atoms with Gasteiger partial charge in [0.15, 0.2) is 5.82 Å². The summed E-state index contributed by atoms with van der Waals surface area (Å²) in [6.07, 6.45) is 4.91. The summed E-state index contributed by atoms with van der Waals surface area (Å²) in [6.45, 7) is 0. The van der Waals surface area contributed by atoms with Crippen molar-refractivity contribution >= 4 is 0 Å². The summed E-state index contributed by atoms with van der Waals surface area (Å²) >= 11 is 0. The van der Waals surface area contributed by atoms with Crippen LogP contribution in [0, 0.1) is 0 Å². The number of tetrazole rings is 1. The molecule has 1 aromatic heterocycles. The third-order valence-electron chi connectivity index (χ3n) is 2.24. The van der Waals surface area contributed by atoms with Crippen LogP contribution in [0.5, 0.6) is 0 Å². The fraction of sp³-hybridized carbons (Fsp3) is 0.833. The molecule has 0 amide bonds. The maximum Gasteiger partial charge on any atom is 0.177 e. The van der Waals surface area contributed by atoms with Crippen molar-refractivity contribution in [3.63, 3.8) is 0 Å². The molecule has 1 aliphatic carbocycles. The van der Waals surface area contributed by atoms with Crippen molar-refractivity contribution in [2.75, 3.05) is 5.84 Å². The first-order valence-corrected chi connectivity index (χ1v) is 3.91. The molecule has 0 unspecified atom stereocenters. The highest BCUT2D eigenvalue weighted by Gasteiger charge is 2.21. The Kier molecular flexibility index (Phi) is 1.48. The Bertz CT molecular complexity index is 237. The molecule has 5 nitrogen and oxygen atoms in total. The molecule has 1 aromatic rings. The lowest BCUT2D eigenvalue weighted by atomic mass is 10.1. The largest absolute Gasteiger partial charge is 0.320 e. The molecule has 1 heterocycles. The fourth-order valence-corrected chi connectivity index (χ4v) is 1.65. The average molecular weight is 153 g/mol. The highest BCUT2D eigenvalue weighted by molar-refractivity contribution is 4.95. The molecule has 0 aliphatic heterocycles. The van der Waals surface area contributed by atoms with Gasteiger partial charge in [-0.2, -0.15) is 0 Å². The molecule has 60 valence electrons. The summed E-state index contributed by atoms with van der Waals surface area (Å²) in [5.74, 6) is 6.83. The van der Waals surface area contributed by atoms with E-state index in [9.17, 15) is 0 Å². The molecule has 2 rings (SSSR count). The number of hydrogen-bond acceptors (Lipinski definition) is 4. The molecule has 0 bridgehead atoms. The molecule has 0 spiro atoms. The number of nitrogens with two attached hydrogens (primary N) is 1. The van der Waals surface area contributed by atoms with Crippen molar-refractivity contribution < 1.29 is 0 Å². The van der Waals surface area contributed by atoms with Crippen LogP contribution in [0.3, 0.4) is 0 Å². The van der Waals surface area contributed by atoms with Gasteiger partial charge >= 0.3 is 0 Å². The molecule has 0 saturated heterocycles. The minimum atomic E-state index is 0.495. The van der Waals surface area contributed by atoms with Crippen LogP contribution in [0.1, 0.15) is 37.4 Å². The number of nitrogens with zero attached hydrogens (tertiary/aromatic N) is 4. The van der Waals surface area contributed by atoms with E-state index in [0.717, 1.165) is 5.82 Å². The number of nitrogen functional groups attached to an aromatic ring is 1. The highest BCUT2D eigenvalue weighted by Crippen LogP contribution is 2.31. The molecule has 0 atom stereocenters. The van der Waals surface area contributed by atoms with E-state index < -0.39 is 0 Å². The van der Waals surface area contributed by atoms with Crippen LogP contribution in [-0.4, -0.2) is 20.3 Å². The van der Waals surface area contributed by atoms with E-state index in [0.29, 0.717) is 5.92 Å². The quantitative estimate of drug-likeness (QED) is 0.578. The molecular weight excluding hydrogens is 142 g/mol. The lowest BCUT2D eigenvalue weighted by Crippen LogP contribution is -2.16. The van der Waals surface area contributed by atoms with E-state index in [1.807, 2.05) is 0 Å². The zero-order valence-electron chi connectivity index (χ0n) is 6.27. The van der Waals surface area contributed by atoms with Crippen LogP contribution in [0.15, 0.2) is 0 Å². The van der Waals surface area contributed by atoms with Gasteiger partial charge in [0.1, 0.15) is 0 Å². The number of rotatable bonds is 1. The van der Waals surface area contributed by atoms with Crippen molar-refractivity contribution in [2.45, 2.75) is 31.6 Å². The summed E-state index contributed by atoms with van der Waals surface area (Å²) in [4.78, 5) is 1.29. The van der Waals surface area contributed by atoms with Gasteiger partial charge < -0.3 is 5.84 Å². The normalized spacial score (nSPS) is 19.3. The fourth-order valence-electron chi connectivity index (χ4n) is 1.65. The topological polar surface area (TPSA) is 69.6 Å². The second kappa shape index (κ2) is 2.48. The Morgan fingerprint density at radius 3 is 2.64 bits per heavy atom. The predicted molar refractivity (Wildman–Crippen MR) is 39.2 cm³/mol. The van der Waals surface area contributed by atoms with Crippen molar-refractivity contribution in [1.29, 1.82) is 0 Å². The van der Waals surface area contributed by atoms with Crippen LogP contribution in [0.2, 0.25) is 0 Å². The molecule has 2 N–H and O–H groups in total. The lowest BCUT2D eigenvalue weighted by molar-refractivity contribution is 0.621. The van der Waals surface area contributed by atoms with Gasteiger partial charge in [0.05, 0.1) is 0 Å². The van der Waals surface area contributed by atoms with Gasteiger partial charge in [-0.3, -0.25) is 0 Å². The molecule has 5 heteroatoms. The second-order valence-corrected chi connectivity index (χ2v) is 2.96. The standard InChI is InChI=1S/C6H11N5/c7-11-6(8-9-10-11)5-3-1-2-4-5/h5H,1-4,7H2. The lowest BCUT2D eigenvalue weighted by Gasteiger charge is -2.03. The Labute approximate surface area is 64.5 Å². The van der Waals surface area contributed by atoms with Crippen LogP contribution in [0.25, 0.3) is 0 Å². The summed E-state index contributed by atoms with van der Waals surface area (Å²) in [6, 6.07) is 0. The smallest absolute Gasteiger partial charge is 0.177 e. The summed E-state index contributed by atoms with van der Waals surface area (Å²) < 4.78 is 0. The molecule has 1 fully saturated rings. The second-order valence-electron chi connectivity index (χ2n) is 2.96. The van der Waals surface area contributed by atoms with E-state index in [1.165, 1.54) is 30.5 Å². The van der Waals surface area contributed by atoms with E-state index in [2.05, 4.69) is 15.5 Å². The average Bonchev–Trinajstić information content (AvgIpc) is 2.55. The van der Waals surface area contributed by atoms with Gasteiger partial charge in [-0.15, -0.1) is 9.89 Å². The maximum atomic E-state index is 5.50. The van der Waals surface area contributed by atoms with E-state index in [1.54, 1.807) is 0 Å². The Hall–Kier alpha value is -1.13.